The number of hydrogen-bond donors (Lipinski definition) is 1. The Bertz CT molecular complexity index is 1140. The van der Waals surface area contributed by atoms with Gasteiger partial charge in [0.05, 0.1) is 10.5 Å². The van der Waals surface area contributed by atoms with Gasteiger partial charge in [0.1, 0.15) is 15.8 Å². The standard InChI is InChI=1S/C25H32N4O2S2/c1-3-4-5-9-14-28-24(31)20(33-25(28)32)15-19-22(26-18-10-7-6-8-11-18)27-21-13-12-17(2)16-29(21)23(19)30/h12-13,15-16,18,26H,3-11,14H2,1-2H3/b20-15+. The molecule has 2 aliphatic rings. The highest BCUT2D eigenvalue weighted by Crippen LogP contribution is 2.33. The van der Waals surface area contributed by atoms with E-state index in [1.54, 1.807) is 21.6 Å². The van der Waals surface area contributed by atoms with Crippen LogP contribution in [0.15, 0.2) is 28.0 Å². The van der Waals surface area contributed by atoms with E-state index >= 15 is 0 Å². The number of aromatic nitrogens is 2. The number of thiocarbonyl (C=S) groups is 1. The van der Waals surface area contributed by atoms with Crippen LogP contribution >= 0.6 is 24.0 Å². The summed E-state index contributed by atoms with van der Waals surface area (Å²) in [6.45, 7) is 4.74. The summed E-state index contributed by atoms with van der Waals surface area (Å²) in [5, 5.41) is 3.52. The van der Waals surface area contributed by atoms with Crippen LogP contribution < -0.4 is 10.9 Å². The van der Waals surface area contributed by atoms with E-state index in [1.165, 1.54) is 31.0 Å². The lowest BCUT2D eigenvalue weighted by molar-refractivity contribution is -0.122. The third-order valence-corrected chi connectivity index (χ3v) is 7.71. The molecule has 4 rings (SSSR count). The highest BCUT2D eigenvalue weighted by atomic mass is 32.2. The number of pyridine rings is 1. The van der Waals surface area contributed by atoms with Crippen molar-refractivity contribution in [2.75, 3.05) is 11.9 Å². The first-order valence-electron chi connectivity index (χ1n) is 12.0. The zero-order valence-electron chi connectivity index (χ0n) is 19.4. The fourth-order valence-corrected chi connectivity index (χ4v) is 5.75. The summed E-state index contributed by atoms with van der Waals surface area (Å²) in [5.74, 6) is 0.447. The van der Waals surface area contributed by atoms with Crippen molar-refractivity contribution in [2.45, 2.75) is 77.7 Å². The molecule has 1 aliphatic carbocycles. The maximum absolute atomic E-state index is 13.5. The molecule has 0 bridgehead atoms. The molecule has 3 heterocycles. The topological polar surface area (TPSA) is 66.7 Å². The second-order valence-electron chi connectivity index (χ2n) is 8.99. The lowest BCUT2D eigenvalue weighted by Crippen LogP contribution is -2.29. The summed E-state index contributed by atoms with van der Waals surface area (Å²) >= 11 is 6.77. The van der Waals surface area contributed by atoms with Crippen LogP contribution in [0.1, 0.15) is 75.8 Å². The molecule has 0 aromatic carbocycles. The third-order valence-electron chi connectivity index (χ3n) is 6.34. The second-order valence-corrected chi connectivity index (χ2v) is 10.7. The summed E-state index contributed by atoms with van der Waals surface area (Å²) in [4.78, 5) is 33.6. The normalized spacial score (nSPS) is 18.6. The molecule has 0 unspecified atom stereocenters. The van der Waals surface area contributed by atoms with Crippen LogP contribution in [0.25, 0.3) is 11.7 Å². The molecule has 1 N–H and O–H groups in total. The van der Waals surface area contributed by atoms with E-state index in [0.29, 0.717) is 38.8 Å². The van der Waals surface area contributed by atoms with Gasteiger partial charge in [-0.2, -0.15) is 0 Å². The number of fused-ring (bicyclic) bond motifs is 1. The van der Waals surface area contributed by atoms with Crippen LogP contribution in [0, 0.1) is 6.92 Å². The van der Waals surface area contributed by atoms with Crippen molar-refractivity contribution >= 4 is 51.7 Å². The van der Waals surface area contributed by atoms with Crippen molar-refractivity contribution < 1.29 is 4.79 Å². The Morgan fingerprint density at radius 2 is 1.97 bits per heavy atom. The first kappa shape index (κ1) is 24.0. The Kier molecular flexibility index (Phi) is 7.86. The molecule has 0 atom stereocenters. The smallest absolute Gasteiger partial charge is 0.267 e. The van der Waals surface area contributed by atoms with Crippen LogP contribution in [0.3, 0.4) is 0 Å². The molecule has 2 fully saturated rings. The Labute approximate surface area is 204 Å². The zero-order valence-corrected chi connectivity index (χ0v) is 21.1. The number of hydrogen-bond acceptors (Lipinski definition) is 6. The van der Waals surface area contributed by atoms with E-state index in [2.05, 4.69) is 12.2 Å². The SMILES string of the molecule is CCCCCCN1C(=O)/C(=C\c2c(NC3CCCCC3)nc3ccc(C)cn3c2=O)SC1=S. The Morgan fingerprint density at radius 3 is 2.73 bits per heavy atom. The van der Waals surface area contributed by atoms with Gasteiger partial charge in [-0.15, -0.1) is 0 Å². The summed E-state index contributed by atoms with van der Waals surface area (Å²) < 4.78 is 2.13. The van der Waals surface area contributed by atoms with Gasteiger partial charge in [0.25, 0.3) is 11.5 Å². The maximum atomic E-state index is 13.5. The summed E-state index contributed by atoms with van der Waals surface area (Å²) in [7, 11) is 0. The number of thioether (sulfide) groups is 1. The van der Waals surface area contributed by atoms with E-state index < -0.39 is 0 Å². The molecule has 2 aromatic rings. The van der Waals surface area contributed by atoms with Crippen LogP contribution in [-0.2, 0) is 4.79 Å². The predicted octanol–water partition coefficient (Wildman–Crippen LogP) is 5.53. The molecular formula is C25H32N4O2S2. The molecule has 0 radical (unpaired) electrons. The fraction of sp³-hybridized carbons (Fsp3) is 0.520. The number of aryl methyl sites for hydroxylation is 1. The molecule has 1 saturated carbocycles. The van der Waals surface area contributed by atoms with Gasteiger partial charge in [-0.05, 0) is 43.9 Å². The first-order chi connectivity index (χ1) is 16.0. The second kappa shape index (κ2) is 10.8. The molecule has 6 nitrogen and oxygen atoms in total. The number of carbonyl (C=O) groups is 1. The van der Waals surface area contributed by atoms with Crippen LogP contribution in [-0.4, -0.2) is 37.1 Å². The van der Waals surface area contributed by atoms with Crippen LogP contribution in [0.5, 0.6) is 0 Å². The molecular weight excluding hydrogens is 452 g/mol. The third kappa shape index (κ3) is 5.49. The van der Waals surface area contributed by atoms with Gasteiger partial charge in [-0.1, -0.05) is 75.5 Å². The lowest BCUT2D eigenvalue weighted by atomic mass is 9.95. The number of nitrogens with one attached hydrogen (secondary N) is 1. The molecule has 8 heteroatoms. The van der Waals surface area contributed by atoms with E-state index in [0.717, 1.165) is 44.1 Å². The van der Waals surface area contributed by atoms with E-state index in [1.807, 2.05) is 19.1 Å². The van der Waals surface area contributed by atoms with Gasteiger partial charge >= 0.3 is 0 Å². The average molecular weight is 485 g/mol. The van der Waals surface area contributed by atoms with Gasteiger partial charge in [-0.3, -0.25) is 18.9 Å². The molecule has 33 heavy (non-hydrogen) atoms. The Balaban J connectivity index is 1.69. The minimum atomic E-state index is -0.171. The van der Waals surface area contributed by atoms with E-state index in [4.69, 9.17) is 17.2 Å². The molecule has 2 aromatic heterocycles. The van der Waals surface area contributed by atoms with Crippen molar-refractivity contribution in [1.82, 2.24) is 14.3 Å². The highest BCUT2D eigenvalue weighted by molar-refractivity contribution is 8.26. The van der Waals surface area contributed by atoms with Crippen molar-refractivity contribution in [3.05, 3.63) is 44.7 Å². The van der Waals surface area contributed by atoms with Gasteiger partial charge in [0.15, 0.2) is 0 Å². The minimum absolute atomic E-state index is 0.112. The first-order valence-corrected chi connectivity index (χ1v) is 13.3. The lowest BCUT2D eigenvalue weighted by Gasteiger charge is -2.24. The molecule has 1 aliphatic heterocycles. The van der Waals surface area contributed by atoms with E-state index in [9.17, 15) is 9.59 Å². The van der Waals surface area contributed by atoms with Gasteiger partial charge < -0.3 is 5.32 Å². The Morgan fingerprint density at radius 1 is 1.18 bits per heavy atom. The number of amides is 1. The van der Waals surface area contributed by atoms with Gasteiger partial charge in [0.2, 0.25) is 0 Å². The summed E-state index contributed by atoms with van der Waals surface area (Å²) in [5.41, 5.74) is 1.83. The Hall–Kier alpha value is -2.19. The zero-order chi connectivity index (χ0) is 23.4. The number of unbranched alkanes of at least 4 members (excludes halogenated alkanes) is 3. The van der Waals surface area contributed by atoms with E-state index in [-0.39, 0.29) is 11.5 Å². The van der Waals surface area contributed by atoms with Crippen LogP contribution in [0.2, 0.25) is 0 Å². The molecule has 176 valence electrons. The number of rotatable bonds is 8. The molecule has 1 amide bonds. The van der Waals surface area contributed by atoms with Crippen LogP contribution in [0.4, 0.5) is 5.82 Å². The largest absolute Gasteiger partial charge is 0.367 e. The number of carbonyl (C=O) groups excluding carboxylic acids is 1. The number of anilines is 1. The maximum Gasteiger partial charge on any atom is 0.267 e. The van der Waals surface area contributed by atoms with Gasteiger partial charge in [0, 0.05) is 18.8 Å². The molecule has 1 saturated heterocycles. The van der Waals surface area contributed by atoms with Crippen molar-refractivity contribution in [3.63, 3.8) is 0 Å². The summed E-state index contributed by atoms with van der Waals surface area (Å²) in [6, 6.07) is 4.11. The highest BCUT2D eigenvalue weighted by Gasteiger charge is 2.32. The minimum Gasteiger partial charge on any atom is -0.367 e. The monoisotopic (exact) mass is 484 g/mol. The van der Waals surface area contributed by atoms with Crippen molar-refractivity contribution in [1.29, 1.82) is 0 Å². The average Bonchev–Trinajstić information content (AvgIpc) is 3.07. The van der Waals surface area contributed by atoms with Crippen molar-refractivity contribution in [3.8, 4) is 0 Å². The molecule has 0 spiro atoms. The number of nitrogens with zero attached hydrogens (tertiary/aromatic N) is 3. The fourth-order valence-electron chi connectivity index (χ4n) is 4.46. The van der Waals surface area contributed by atoms with Gasteiger partial charge in [-0.25, -0.2) is 4.98 Å². The quantitative estimate of drug-likeness (QED) is 0.302. The predicted molar refractivity (Wildman–Crippen MR) is 141 cm³/mol. The van der Waals surface area contributed by atoms with Crippen molar-refractivity contribution in [2.24, 2.45) is 0 Å². The summed E-state index contributed by atoms with van der Waals surface area (Å²) in [6.07, 6.45) is 13.5.